The molecule has 37 heavy (non-hydrogen) atoms. The maximum absolute atomic E-state index is 13.8. The average Bonchev–Trinajstić information content (AvgIpc) is 2.86. The molecule has 0 aliphatic rings. The van der Waals surface area contributed by atoms with Gasteiger partial charge in [-0.15, -0.1) is 0 Å². The van der Waals surface area contributed by atoms with Crippen LogP contribution in [0.1, 0.15) is 120 Å². The van der Waals surface area contributed by atoms with Gasteiger partial charge in [0.1, 0.15) is 11.3 Å². The van der Waals surface area contributed by atoms with Crippen LogP contribution in [0.25, 0.3) is 0 Å². The monoisotopic (exact) mass is 528 g/mol. The summed E-state index contributed by atoms with van der Waals surface area (Å²) in [6.45, 7) is 17.2. The summed E-state index contributed by atoms with van der Waals surface area (Å²) >= 11 is 0. The fourth-order valence-corrected chi connectivity index (χ4v) is 8.06. The number of hydrogen-bond donors (Lipinski definition) is 4. The summed E-state index contributed by atoms with van der Waals surface area (Å²) in [6.07, 6.45) is 4.67. The van der Waals surface area contributed by atoms with Crippen LogP contribution in [0.15, 0.2) is 0 Å². The number of aliphatic hydroxyl groups is 1. The van der Waals surface area contributed by atoms with Crippen LogP contribution in [0.2, 0.25) is 0 Å². The molecule has 0 rings (SSSR count). The lowest BCUT2D eigenvalue weighted by molar-refractivity contribution is -0.237. The summed E-state index contributed by atoms with van der Waals surface area (Å²) in [5, 5.41) is 45.4. The molecule has 0 aromatic rings. The van der Waals surface area contributed by atoms with Gasteiger partial charge in [-0.2, -0.15) is 0 Å². The number of carbonyl (C=O) groups is 3. The van der Waals surface area contributed by atoms with Gasteiger partial charge in [0.2, 0.25) is 0 Å². The summed E-state index contributed by atoms with van der Waals surface area (Å²) in [6, 6.07) is 0. The Bertz CT molecular complexity index is 689. The van der Waals surface area contributed by atoms with Gasteiger partial charge in [-0.25, -0.2) is 4.79 Å². The summed E-state index contributed by atoms with van der Waals surface area (Å²) < 4.78 is 0. The first-order valence-electron chi connectivity index (χ1n) is 14.8. The number of carboxylic acids is 3. The van der Waals surface area contributed by atoms with Gasteiger partial charge in [0.05, 0.1) is 0 Å². The van der Waals surface area contributed by atoms with Crippen LogP contribution in [0.4, 0.5) is 0 Å². The molecule has 0 aromatic carbocycles. The number of aliphatic carboxylic acids is 3. The van der Waals surface area contributed by atoms with Crippen LogP contribution in [0.5, 0.6) is 0 Å². The molecule has 7 nitrogen and oxygen atoms in total. The number of hydrogen-bond acceptors (Lipinski definition) is 4. The predicted molar refractivity (Wildman–Crippen MR) is 147 cm³/mol. The second-order valence-corrected chi connectivity index (χ2v) is 10.9. The normalized spacial score (nSPS) is 18.7. The molecule has 7 heteroatoms. The van der Waals surface area contributed by atoms with Gasteiger partial charge in [-0.05, 0) is 35.5 Å². The van der Waals surface area contributed by atoms with Gasteiger partial charge < -0.3 is 20.4 Å². The highest BCUT2D eigenvalue weighted by atomic mass is 16.4. The van der Waals surface area contributed by atoms with Crippen molar-refractivity contribution in [3.8, 4) is 0 Å². The molecule has 0 amide bonds. The number of carboxylic acid groups (broad SMARTS) is 3. The van der Waals surface area contributed by atoms with Crippen molar-refractivity contribution in [3.05, 3.63) is 0 Å². The first-order chi connectivity index (χ1) is 17.4. The molecular weight excluding hydrogens is 472 g/mol. The lowest BCUT2D eigenvalue weighted by Gasteiger charge is -2.57. The molecule has 0 aliphatic heterocycles. The van der Waals surface area contributed by atoms with E-state index in [0.29, 0.717) is 57.8 Å². The maximum atomic E-state index is 13.8. The second kappa shape index (κ2) is 15.7. The summed E-state index contributed by atoms with van der Waals surface area (Å²) in [5.41, 5.74) is -5.18. The van der Waals surface area contributed by atoms with Crippen molar-refractivity contribution in [2.24, 2.45) is 46.8 Å². The Kier molecular flexibility index (Phi) is 15.0. The summed E-state index contributed by atoms with van der Waals surface area (Å²) in [5.74, 6) is -8.97. The molecule has 218 valence electrons. The molecule has 4 N–H and O–H groups in total. The second-order valence-electron chi connectivity index (χ2n) is 10.9. The molecule has 0 spiro atoms. The largest absolute Gasteiger partial charge is 0.481 e. The van der Waals surface area contributed by atoms with E-state index in [9.17, 15) is 34.8 Å². The topological polar surface area (TPSA) is 132 Å². The SMILES string of the molecule is CCC(CC)C(CC)C(C(=O)O)C(O)(C(=O)O)C(C(=O)O)(C(CC)C(CC)CC)C(CC)C(CC)CC. The molecule has 0 aliphatic carbocycles. The van der Waals surface area contributed by atoms with Crippen LogP contribution >= 0.6 is 0 Å². The number of rotatable bonds is 20. The minimum atomic E-state index is -3.00. The molecule has 0 saturated carbocycles. The van der Waals surface area contributed by atoms with E-state index >= 15 is 0 Å². The molecule has 5 unspecified atom stereocenters. The van der Waals surface area contributed by atoms with Gasteiger partial charge >= 0.3 is 17.9 Å². The Morgan fingerprint density at radius 1 is 0.541 bits per heavy atom. The highest BCUT2D eigenvalue weighted by Crippen LogP contribution is 2.59. The molecule has 0 bridgehead atoms. The highest BCUT2D eigenvalue weighted by molar-refractivity contribution is 5.94. The smallest absolute Gasteiger partial charge is 0.337 e. The Labute approximate surface area is 225 Å². The molecule has 5 atom stereocenters. The van der Waals surface area contributed by atoms with Crippen LogP contribution in [-0.2, 0) is 14.4 Å². The molecule has 0 radical (unpaired) electrons. The first-order valence-corrected chi connectivity index (χ1v) is 14.8. The van der Waals surface area contributed by atoms with Crippen LogP contribution < -0.4 is 0 Å². The molecule has 0 aromatic heterocycles. The average molecular weight is 529 g/mol. The van der Waals surface area contributed by atoms with Gasteiger partial charge in [0.15, 0.2) is 5.60 Å². The fraction of sp³-hybridized carbons (Fsp3) is 0.900. The first kappa shape index (κ1) is 35.4. The van der Waals surface area contributed by atoms with E-state index in [1.807, 2.05) is 55.4 Å². The fourth-order valence-electron chi connectivity index (χ4n) is 8.06. The van der Waals surface area contributed by atoms with Gasteiger partial charge in [-0.3, -0.25) is 9.59 Å². The Hall–Kier alpha value is -1.63. The lowest BCUT2D eigenvalue weighted by atomic mass is 9.46. The van der Waals surface area contributed by atoms with Crippen molar-refractivity contribution in [2.75, 3.05) is 0 Å². The molecular formula is C30H56O7. The minimum absolute atomic E-state index is 0.162. The van der Waals surface area contributed by atoms with Crippen LogP contribution in [0, 0.1) is 46.8 Å². The zero-order valence-electron chi connectivity index (χ0n) is 24.9. The van der Waals surface area contributed by atoms with Gasteiger partial charge in [-0.1, -0.05) is 120 Å². The quantitative estimate of drug-likeness (QED) is 0.134. The van der Waals surface area contributed by atoms with E-state index in [-0.39, 0.29) is 17.8 Å². The third-order valence-electron chi connectivity index (χ3n) is 9.87. The summed E-state index contributed by atoms with van der Waals surface area (Å²) in [4.78, 5) is 40.3. The standard InChI is InChI=1S/C30H56O7/c1-10-19(11-2)22(16-7)25(26(31)32)30(37,28(35)36)29(27(33)34,23(17-8)20(12-3)13-4)24(18-9)21(14-5)15-6/h19-25,37H,10-18H2,1-9H3,(H,31,32)(H,33,34)(H,35,36). The molecule has 0 saturated heterocycles. The Morgan fingerprint density at radius 2 is 0.892 bits per heavy atom. The summed E-state index contributed by atoms with van der Waals surface area (Å²) in [7, 11) is 0. The Balaban J connectivity index is 8.22. The third-order valence-corrected chi connectivity index (χ3v) is 9.87. The van der Waals surface area contributed by atoms with Crippen molar-refractivity contribution < 1.29 is 34.8 Å². The molecule has 0 heterocycles. The predicted octanol–water partition coefficient (Wildman–Crippen LogP) is 6.96. The van der Waals surface area contributed by atoms with Crippen molar-refractivity contribution in [3.63, 3.8) is 0 Å². The zero-order chi connectivity index (χ0) is 29.1. The van der Waals surface area contributed by atoms with Crippen molar-refractivity contribution in [1.29, 1.82) is 0 Å². The van der Waals surface area contributed by atoms with E-state index in [4.69, 9.17) is 0 Å². The van der Waals surface area contributed by atoms with Gasteiger partial charge in [0, 0.05) is 0 Å². The third kappa shape index (κ3) is 6.34. The van der Waals surface area contributed by atoms with Crippen molar-refractivity contribution in [2.45, 2.75) is 126 Å². The van der Waals surface area contributed by atoms with E-state index in [2.05, 4.69) is 0 Å². The van der Waals surface area contributed by atoms with Crippen LogP contribution in [0.3, 0.4) is 0 Å². The highest BCUT2D eigenvalue weighted by Gasteiger charge is 2.73. The van der Waals surface area contributed by atoms with Crippen LogP contribution in [-0.4, -0.2) is 43.9 Å². The van der Waals surface area contributed by atoms with E-state index in [1.54, 1.807) is 6.92 Å². The Morgan fingerprint density at radius 3 is 1.08 bits per heavy atom. The van der Waals surface area contributed by atoms with E-state index in [1.165, 1.54) is 0 Å². The lowest BCUT2D eigenvalue weighted by Crippen LogP contribution is -2.72. The van der Waals surface area contributed by atoms with Crippen molar-refractivity contribution in [1.82, 2.24) is 0 Å². The van der Waals surface area contributed by atoms with Gasteiger partial charge in [0.25, 0.3) is 0 Å². The van der Waals surface area contributed by atoms with E-state index in [0.717, 1.165) is 0 Å². The van der Waals surface area contributed by atoms with E-state index < -0.39 is 52.6 Å². The minimum Gasteiger partial charge on any atom is -0.481 e. The zero-order valence-corrected chi connectivity index (χ0v) is 24.9. The van der Waals surface area contributed by atoms with Crippen molar-refractivity contribution >= 4 is 17.9 Å². The maximum Gasteiger partial charge on any atom is 0.337 e. The molecule has 0 fully saturated rings.